The molecule has 1 fully saturated rings. The van der Waals surface area contributed by atoms with Gasteiger partial charge in [0.05, 0.1) is 0 Å². The summed E-state index contributed by atoms with van der Waals surface area (Å²) >= 11 is 0. The largest absolute Gasteiger partial charge is 0.483 e. The van der Waals surface area contributed by atoms with E-state index in [4.69, 9.17) is 9.84 Å². The molecule has 5 nitrogen and oxygen atoms in total. The van der Waals surface area contributed by atoms with Crippen LogP contribution in [0.15, 0.2) is 18.2 Å². The number of rotatable bonds is 4. The second kappa shape index (κ2) is 6.41. The Morgan fingerprint density at radius 3 is 2.60 bits per heavy atom. The van der Waals surface area contributed by atoms with Gasteiger partial charge in [0.15, 0.2) is 6.61 Å². The van der Waals surface area contributed by atoms with Gasteiger partial charge >= 0.3 is 5.97 Å². The minimum Gasteiger partial charge on any atom is -0.483 e. The molecule has 1 aliphatic rings. The summed E-state index contributed by atoms with van der Waals surface area (Å²) in [5, 5.41) is 9.13. The summed E-state index contributed by atoms with van der Waals surface area (Å²) in [7, 11) is 0. The number of aromatic carboxylic acids is 1. The summed E-state index contributed by atoms with van der Waals surface area (Å²) in [6.45, 7) is 3.24. The van der Waals surface area contributed by atoms with Crippen LogP contribution in [-0.4, -0.2) is 41.6 Å². The highest BCUT2D eigenvalue weighted by molar-refractivity contribution is 5.91. The highest BCUT2D eigenvalue weighted by atomic mass is 16.5. The molecule has 0 atom stereocenters. The summed E-state index contributed by atoms with van der Waals surface area (Å²) in [5.74, 6) is -0.885. The van der Waals surface area contributed by atoms with Crippen molar-refractivity contribution in [3.63, 3.8) is 0 Å². The third kappa shape index (κ3) is 3.50. The van der Waals surface area contributed by atoms with Gasteiger partial charge in [0.25, 0.3) is 5.91 Å². The first-order chi connectivity index (χ1) is 9.58. The lowest BCUT2D eigenvalue weighted by Crippen LogP contribution is -2.38. The number of hydrogen-bond acceptors (Lipinski definition) is 3. The number of nitrogens with zero attached hydrogens (tertiary/aromatic N) is 1. The molecule has 1 aromatic carbocycles. The van der Waals surface area contributed by atoms with Crippen LogP contribution in [0.5, 0.6) is 5.75 Å². The second-order valence-electron chi connectivity index (χ2n) is 5.03. The number of likely N-dealkylation sites (tertiary alicyclic amines) is 1. The van der Waals surface area contributed by atoms with E-state index in [1.165, 1.54) is 0 Å². The fourth-order valence-electron chi connectivity index (χ4n) is 2.31. The molecule has 1 N–H and O–H groups in total. The van der Waals surface area contributed by atoms with Crippen molar-refractivity contribution < 1.29 is 19.4 Å². The lowest BCUT2D eigenvalue weighted by Gasteiger charge is -2.26. The van der Waals surface area contributed by atoms with Crippen LogP contribution in [-0.2, 0) is 4.79 Å². The molecule has 0 spiro atoms. The van der Waals surface area contributed by atoms with Gasteiger partial charge in [0.1, 0.15) is 11.3 Å². The predicted octanol–water partition coefficient (Wildman–Crippen LogP) is 2.08. The SMILES string of the molecule is Cc1ccc(OCC(=O)N2CCCCC2)c(C(=O)O)c1. The summed E-state index contributed by atoms with van der Waals surface area (Å²) in [6.07, 6.45) is 3.21. The maximum absolute atomic E-state index is 12.0. The first kappa shape index (κ1) is 14.4. The van der Waals surface area contributed by atoms with Crippen LogP contribution in [0.3, 0.4) is 0 Å². The third-order valence-electron chi connectivity index (χ3n) is 3.43. The molecule has 0 unspecified atom stereocenters. The van der Waals surface area contributed by atoms with E-state index >= 15 is 0 Å². The lowest BCUT2D eigenvalue weighted by atomic mass is 10.1. The van der Waals surface area contributed by atoms with Crippen LogP contribution in [0.1, 0.15) is 35.2 Å². The van der Waals surface area contributed by atoms with Gasteiger partial charge in [0, 0.05) is 13.1 Å². The Kier molecular flexibility index (Phi) is 4.61. The van der Waals surface area contributed by atoms with Gasteiger partial charge in [-0.15, -0.1) is 0 Å². The van der Waals surface area contributed by atoms with Crippen LogP contribution in [0.2, 0.25) is 0 Å². The molecule has 1 aromatic rings. The van der Waals surface area contributed by atoms with E-state index in [2.05, 4.69) is 0 Å². The molecular formula is C15H19NO4. The Morgan fingerprint density at radius 1 is 1.25 bits per heavy atom. The maximum Gasteiger partial charge on any atom is 0.339 e. The fourth-order valence-corrected chi connectivity index (χ4v) is 2.31. The second-order valence-corrected chi connectivity index (χ2v) is 5.03. The van der Waals surface area contributed by atoms with Gasteiger partial charge in [-0.25, -0.2) is 4.79 Å². The number of benzene rings is 1. The van der Waals surface area contributed by atoms with Crippen molar-refractivity contribution in [1.82, 2.24) is 4.90 Å². The van der Waals surface area contributed by atoms with E-state index in [1.807, 2.05) is 6.92 Å². The molecule has 0 bridgehead atoms. The van der Waals surface area contributed by atoms with Gasteiger partial charge in [-0.3, -0.25) is 4.79 Å². The first-order valence-corrected chi connectivity index (χ1v) is 6.82. The van der Waals surface area contributed by atoms with E-state index < -0.39 is 5.97 Å². The van der Waals surface area contributed by atoms with Crippen molar-refractivity contribution in [2.24, 2.45) is 0 Å². The number of carbonyl (C=O) groups excluding carboxylic acids is 1. The lowest BCUT2D eigenvalue weighted by molar-refractivity contribution is -0.134. The smallest absolute Gasteiger partial charge is 0.339 e. The number of amides is 1. The molecule has 20 heavy (non-hydrogen) atoms. The van der Waals surface area contributed by atoms with Gasteiger partial charge in [-0.1, -0.05) is 11.6 Å². The Balaban J connectivity index is 1.99. The first-order valence-electron chi connectivity index (χ1n) is 6.82. The molecule has 1 saturated heterocycles. The molecule has 2 rings (SSSR count). The van der Waals surface area contributed by atoms with E-state index in [0.717, 1.165) is 37.9 Å². The standard InChI is InChI=1S/C15H19NO4/c1-11-5-6-13(12(9-11)15(18)19)20-10-14(17)16-7-3-2-4-8-16/h5-6,9H,2-4,7-8,10H2,1H3,(H,18,19). The molecule has 1 amide bonds. The molecule has 108 valence electrons. The van der Waals surface area contributed by atoms with Crippen LogP contribution in [0, 0.1) is 6.92 Å². The summed E-state index contributed by atoms with van der Waals surface area (Å²) in [5.41, 5.74) is 0.938. The van der Waals surface area contributed by atoms with Gasteiger partial charge in [-0.2, -0.15) is 0 Å². The topological polar surface area (TPSA) is 66.8 Å². The highest BCUT2D eigenvalue weighted by Crippen LogP contribution is 2.20. The Labute approximate surface area is 118 Å². The molecule has 0 aliphatic carbocycles. The predicted molar refractivity (Wildman–Crippen MR) is 74.1 cm³/mol. The Bertz CT molecular complexity index is 507. The van der Waals surface area contributed by atoms with Crippen molar-refractivity contribution in [2.45, 2.75) is 26.2 Å². The van der Waals surface area contributed by atoms with Crippen molar-refractivity contribution in [2.75, 3.05) is 19.7 Å². The van der Waals surface area contributed by atoms with Crippen molar-refractivity contribution >= 4 is 11.9 Å². The number of piperidine rings is 1. The average molecular weight is 277 g/mol. The third-order valence-corrected chi connectivity index (χ3v) is 3.43. The Morgan fingerprint density at radius 2 is 1.95 bits per heavy atom. The summed E-state index contributed by atoms with van der Waals surface area (Å²) in [6, 6.07) is 4.92. The van der Waals surface area contributed by atoms with Crippen molar-refractivity contribution in [3.8, 4) is 5.75 Å². The Hall–Kier alpha value is -2.04. The zero-order valence-corrected chi connectivity index (χ0v) is 11.6. The molecule has 5 heteroatoms. The minimum atomic E-state index is -1.05. The highest BCUT2D eigenvalue weighted by Gasteiger charge is 2.18. The number of aryl methyl sites for hydroxylation is 1. The van der Waals surface area contributed by atoms with Gasteiger partial charge in [-0.05, 0) is 38.3 Å². The van der Waals surface area contributed by atoms with Crippen LogP contribution in [0.4, 0.5) is 0 Å². The normalized spacial score (nSPS) is 14.9. The zero-order valence-electron chi connectivity index (χ0n) is 11.6. The van der Waals surface area contributed by atoms with Crippen LogP contribution >= 0.6 is 0 Å². The molecule has 1 heterocycles. The minimum absolute atomic E-state index is 0.0818. The van der Waals surface area contributed by atoms with Crippen LogP contribution in [0.25, 0.3) is 0 Å². The summed E-state index contributed by atoms with van der Waals surface area (Å²) < 4.78 is 5.40. The number of carboxylic acid groups (broad SMARTS) is 1. The number of carbonyl (C=O) groups is 2. The fraction of sp³-hybridized carbons (Fsp3) is 0.467. The number of hydrogen-bond donors (Lipinski definition) is 1. The monoisotopic (exact) mass is 277 g/mol. The van der Waals surface area contributed by atoms with E-state index in [0.29, 0.717) is 0 Å². The van der Waals surface area contributed by atoms with Crippen molar-refractivity contribution in [1.29, 1.82) is 0 Å². The maximum atomic E-state index is 12.0. The number of ether oxygens (including phenoxy) is 1. The quantitative estimate of drug-likeness (QED) is 0.915. The van der Waals surface area contributed by atoms with Gasteiger partial charge in [0.2, 0.25) is 0 Å². The number of carboxylic acids is 1. The average Bonchev–Trinajstić information content (AvgIpc) is 2.46. The van der Waals surface area contributed by atoms with E-state index in [9.17, 15) is 9.59 Å². The summed E-state index contributed by atoms with van der Waals surface area (Å²) in [4.78, 5) is 24.9. The van der Waals surface area contributed by atoms with E-state index in [1.54, 1.807) is 23.1 Å². The molecule has 0 aromatic heterocycles. The van der Waals surface area contributed by atoms with Crippen molar-refractivity contribution in [3.05, 3.63) is 29.3 Å². The molecule has 1 aliphatic heterocycles. The zero-order chi connectivity index (χ0) is 14.5. The van der Waals surface area contributed by atoms with Crippen LogP contribution < -0.4 is 4.74 Å². The molecule has 0 saturated carbocycles. The molecule has 0 radical (unpaired) electrons. The van der Waals surface area contributed by atoms with E-state index in [-0.39, 0.29) is 23.8 Å². The van der Waals surface area contributed by atoms with Gasteiger partial charge < -0.3 is 14.7 Å². The molecular weight excluding hydrogens is 258 g/mol.